The van der Waals surface area contributed by atoms with Crippen molar-refractivity contribution in [2.45, 2.75) is 4.90 Å². The van der Waals surface area contributed by atoms with Crippen LogP contribution in [0.5, 0.6) is 5.75 Å². The number of pyridine rings is 1. The normalized spacial score (nSPS) is 11.9. The molecule has 3 aromatic heterocycles. The van der Waals surface area contributed by atoms with Gasteiger partial charge in [-0.1, -0.05) is 0 Å². The van der Waals surface area contributed by atoms with Gasteiger partial charge in [0.1, 0.15) is 11.4 Å². The fraction of sp³-hybridized carbons (Fsp3) is 0.150. The third-order valence-corrected chi connectivity index (χ3v) is 7.12. The first-order chi connectivity index (χ1) is 13.9. The number of thiophene rings is 1. The molecule has 0 spiro atoms. The summed E-state index contributed by atoms with van der Waals surface area (Å²) < 4.78 is 31.7. The number of nitrogens with one attached hydrogen (secondary N) is 2. The van der Waals surface area contributed by atoms with E-state index in [4.69, 9.17) is 4.74 Å². The number of sulfonamides is 1. The molecular formula is C20H20N4O3S2. The van der Waals surface area contributed by atoms with Gasteiger partial charge in [-0.15, -0.1) is 0 Å². The predicted octanol–water partition coefficient (Wildman–Crippen LogP) is 4.29. The minimum absolute atomic E-state index is 0.182. The van der Waals surface area contributed by atoms with E-state index < -0.39 is 10.0 Å². The number of hydrogen-bond donors (Lipinski definition) is 2. The zero-order chi connectivity index (χ0) is 20.6. The fourth-order valence-corrected chi connectivity index (χ4v) is 4.70. The van der Waals surface area contributed by atoms with Gasteiger partial charge in [-0.3, -0.25) is 0 Å². The number of fused-ring (bicyclic) bond motifs is 1. The number of nitrogens with zero attached hydrogens (tertiary/aromatic N) is 2. The van der Waals surface area contributed by atoms with Crippen molar-refractivity contribution in [2.24, 2.45) is 0 Å². The molecule has 7 nitrogen and oxygen atoms in total. The molecule has 0 unspecified atom stereocenters. The first kappa shape index (κ1) is 19.4. The SMILES string of the molecule is COc1ccc(S(=O)(=O)N(C)C)cc1Nc1c[nH]c2nccc(-c3ccsc3)c12. The Morgan fingerprint density at radius 3 is 2.69 bits per heavy atom. The Balaban J connectivity index is 1.84. The van der Waals surface area contributed by atoms with E-state index in [-0.39, 0.29) is 4.90 Å². The molecule has 0 aliphatic rings. The molecule has 4 aromatic rings. The van der Waals surface area contributed by atoms with Crippen molar-refractivity contribution in [2.75, 3.05) is 26.5 Å². The van der Waals surface area contributed by atoms with Crippen molar-refractivity contribution in [3.05, 3.63) is 53.5 Å². The number of hydrogen-bond acceptors (Lipinski definition) is 6. The lowest BCUT2D eigenvalue weighted by Crippen LogP contribution is -2.22. The Morgan fingerprint density at radius 2 is 2.00 bits per heavy atom. The number of methoxy groups -OCH3 is 1. The maximum absolute atomic E-state index is 12.6. The summed E-state index contributed by atoms with van der Waals surface area (Å²) in [6.07, 6.45) is 3.58. The maximum atomic E-state index is 12.6. The molecule has 150 valence electrons. The summed E-state index contributed by atoms with van der Waals surface area (Å²) in [6.45, 7) is 0. The lowest BCUT2D eigenvalue weighted by molar-refractivity contribution is 0.416. The highest BCUT2D eigenvalue weighted by atomic mass is 32.2. The molecule has 9 heteroatoms. The molecule has 3 heterocycles. The van der Waals surface area contributed by atoms with Gasteiger partial charge in [-0.25, -0.2) is 17.7 Å². The van der Waals surface area contributed by atoms with Gasteiger partial charge in [0.2, 0.25) is 10.0 Å². The second-order valence-corrected chi connectivity index (χ2v) is 9.50. The molecule has 0 saturated heterocycles. The van der Waals surface area contributed by atoms with Crippen LogP contribution in [0.4, 0.5) is 11.4 Å². The summed E-state index contributed by atoms with van der Waals surface area (Å²) in [4.78, 5) is 7.77. The van der Waals surface area contributed by atoms with E-state index in [0.29, 0.717) is 11.4 Å². The number of aromatic nitrogens is 2. The summed E-state index contributed by atoms with van der Waals surface area (Å²) in [7, 11) is 0.990. The molecule has 1 aromatic carbocycles. The molecule has 0 fully saturated rings. The van der Waals surface area contributed by atoms with Gasteiger partial charge in [0.15, 0.2) is 0 Å². The monoisotopic (exact) mass is 428 g/mol. The molecule has 0 amide bonds. The Bertz CT molecular complexity index is 1260. The topological polar surface area (TPSA) is 87.3 Å². The third kappa shape index (κ3) is 3.48. The average Bonchev–Trinajstić information content (AvgIpc) is 3.38. The second-order valence-electron chi connectivity index (χ2n) is 6.57. The second kappa shape index (κ2) is 7.51. The van der Waals surface area contributed by atoms with Crippen LogP contribution in [0.3, 0.4) is 0 Å². The smallest absolute Gasteiger partial charge is 0.242 e. The zero-order valence-electron chi connectivity index (χ0n) is 16.1. The van der Waals surface area contributed by atoms with Gasteiger partial charge < -0.3 is 15.0 Å². The highest BCUT2D eigenvalue weighted by Gasteiger charge is 2.20. The lowest BCUT2D eigenvalue weighted by atomic mass is 10.1. The molecule has 0 aliphatic heterocycles. The van der Waals surface area contributed by atoms with E-state index >= 15 is 0 Å². The molecule has 0 saturated carbocycles. The minimum atomic E-state index is -3.57. The van der Waals surface area contributed by atoms with Crippen molar-refractivity contribution >= 4 is 43.8 Å². The van der Waals surface area contributed by atoms with Gasteiger partial charge in [0.05, 0.1) is 28.8 Å². The Hall–Kier alpha value is -2.88. The van der Waals surface area contributed by atoms with Crippen LogP contribution in [-0.4, -0.2) is 43.9 Å². The maximum Gasteiger partial charge on any atom is 0.242 e. The van der Waals surface area contributed by atoms with Crippen molar-refractivity contribution in [1.29, 1.82) is 0 Å². The molecular weight excluding hydrogens is 408 g/mol. The molecule has 0 radical (unpaired) electrons. The fourth-order valence-electron chi connectivity index (χ4n) is 3.11. The number of benzene rings is 1. The summed E-state index contributed by atoms with van der Waals surface area (Å²) >= 11 is 1.63. The summed E-state index contributed by atoms with van der Waals surface area (Å²) in [5, 5.41) is 8.36. The first-order valence-corrected chi connectivity index (χ1v) is 11.2. The molecule has 2 N–H and O–H groups in total. The third-order valence-electron chi connectivity index (χ3n) is 4.62. The van der Waals surface area contributed by atoms with E-state index in [9.17, 15) is 8.42 Å². The van der Waals surface area contributed by atoms with Gasteiger partial charge >= 0.3 is 0 Å². The summed E-state index contributed by atoms with van der Waals surface area (Å²) in [6, 6.07) is 8.78. The van der Waals surface area contributed by atoms with Crippen LogP contribution in [0, 0.1) is 0 Å². The average molecular weight is 429 g/mol. The van der Waals surface area contributed by atoms with Crippen LogP contribution in [-0.2, 0) is 10.0 Å². The van der Waals surface area contributed by atoms with Crippen LogP contribution in [0.25, 0.3) is 22.2 Å². The van der Waals surface area contributed by atoms with Crippen LogP contribution in [0.1, 0.15) is 0 Å². The van der Waals surface area contributed by atoms with E-state index in [0.717, 1.165) is 27.8 Å². The Kier molecular flexibility index (Phi) is 5.03. The predicted molar refractivity (Wildman–Crippen MR) is 117 cm³/mol. The molecule has 0 bridgehead atoms. The van der Waals surface area contributed by atoms with Gasteiger partial charge in [-0.2, -0.15) is 11.3 Å². The number of anilines is 2. The van der Waals surface area contributed by atoms with Crippen LogP contribution >= 0.6 is 11.3 Å². The highest BCUT2D eigenvalue weighted by molar-refractivity contribution is 7.89. The first-order valence-electron chi connectivity index (χ1n) is 8.78. The summed E-state index contributed by atoms with van der Waals surface area (Å²) in [5.74, 6) is 0.540. The van der Waals surface area contributed by atoms with E-state index in [1.165, 1.54) is 24.5 Å². The van der Waals surface area contributed by atoms with E-state index in [1.54, 1.807) is 36.8 Å². The van der Waals surface area contributed by atoms with E-state index in [1.807, 2.05) is 17.6 Å². The molecule has 0 atom stereocenters. The number of rotatable bonds is 6. The van der Waals surface area contributed by atoms with Gasteiger partial charge in [-0.05, 0) is 52.2 Å². The number of ether oxygens (including phenoxy) is 1. The molecule has 4 rings (SSSR count). The minimum Gasteiger partial charge on any atom is -0.495 e. The van der Waals surface area contributed by atoms with Gasteiger partial charge in [0.25, 0.3) is 0 Å². The largest absolute Gasteiger partial charge is 0.495 e. The highest BCUT2D eigenvalue weighted by Crippen LogP contribution is 2.37. The zero-order valence-corrected chi connectivity index (χ0v) is 17.8. The van der Waals surface area contributed by atoms with Crippen molar-refractivity contribution in [1.82, 2.24) is 14.3 Å². The number of aromatic amines is 1. The summed E-state index contributed by atoms with van der Waals surface area (Å²) in [5.41, 5.74) is 4.22. The van der Waals surface area contributed by atoms with Gasteiger partial charge in [0, 0.05) is 26.5 Å². The quantitative estimate of drug-likeness (QED) is 0.478. The number of H-pyrrole nitrogens is 1. The molecule has 0 aliphatic carbocycles. The van der Waals surface area contributed by atoms with E-state index in [2.05, 4.69) is 26.7 Å². The standard InChI is InChI=1S/C20H20N4O3S2/c1-24(2)29(25,26)14-4-5-18(27-3)16(10-14)23-17-11-22-20-19(17)15(6-8-21-20)13-7-9-28-12-13/h4-12,23H,1-3H3,(H,21,22). The lowest BCUT2D eigenvalue weighted by Gasteiger charge is -2.15. The Labute approximate surface area is 173 Å². The van der Waals surface area contributed by atoms with Crippen LogP contribution < -0.4 is 10.1 Å². The van der Waals surface area contributed by atoms with Crippen molar-refractivity contribution < 1.29 is 13.2 Å². The molecule has 29 heavy (non-hydrogen) atoms. The Morgan fingerprint density at radius 1 is 1.17 bits per heavy atom. The van der Waals surface area contributed by atoms with Crippen LogP contribution in [0.2, 0.25) is 0 Å². The van der Waals surface area contributed by atoms with Crippen LogP contribution in [0.15, 0.2) is 58.4 Å². The van der Waals surface area contributed by atoms with Crippen molar-refractivity contribution in [3.63, 3.8) is 0 Å². The van der Waals surface area contributed by atoms with Crippen molar-refractivity contribution in [3.8, 4) is 16.9 Å².